The Morgan fingerprint density at radius 2 is 1.07 bits per heavy atom. The molecule has 0 radical (unpaired) electrons. The van der Waals surface area contributed by atoms with E-state index in [1.807, 2.05) is 30.3 Å². The van der Waals surface area contributed by atoms with Crippen molar-refractivity contribution in [1.82, 2.24) is 0 Å². The summed E-state index contributed by atoms with van der Waals surface area (Å²) in [6.07, 6.45) is -4.32. The van der Waals surface area contributed by atoms with Crippen LogP contribution in [0.4, 0.5) is 13.2 Å². The van der Waals surface area contributed by atoms with Crippen LogP contribution < -0.4 is 0 Å². The summed E-state index contributed by atoms with van der Waals surface area (Å²) >= 11 is 0. The highest BCUT2D eigenvalue weighted by atomic mass is 19.4. The third-order valence-corrected chi connectivity index (χ3v) is 5.23. The van der Waals surface area contributed by atoms with Crippen LogP contribution >= 0.6 is 0 Å². The molecule has 5 aromatic rings. The summed E-state index contributed by atoms with van der Waals surface area (Å²) in [6, 6.07) is 28.1. The first kappa shape index (κ1) is 16.8. The fraction of sp³-hybridized carbons (Fsp3) is 0.0400. The Morgan fingerprint density at radius 3 is 1.71 bits per heavy atom. The quantitative estimate of drug-likeness (QED) is 0.263. The highest BCUT2D eigenvalue weighted by molar-refractivity contribution is 6.08. The average Bonchev–Trinajstić information content (AvgIpc) is 2.69. The smallest absolute Gasteiger partial charge is 0.166 e. The Labute approximate surface area is 159 Å². The maximum absolute atomic E-state index is 12.9. The number of rotatable bonds is 1. The van der Waals surface area contributed by atoms with Crippen LogP contribution in [0.3, 0.4) is 0 Å². The van der Waals surface area contributed by atoms with Gasteiger partial charge in [0.25, 0.3) is 0 Å². The van der Waals surface area contributed by atoms with E-state index in [-0.39, 0.29) is 0 Å². The van der Waals surface area contributed by atoms with Crippen molar-refractivity contribution in [3.63, 3.8) is 0 Å². The predicted molar refractivity (Wildman–Crippen MR) is 109 cm³/mol. The van der Waals surface area contributed by atoms with E-state index >= 15 is 0 Å². The van der Waals surface area contributed by atoms with Crippen LogP contribution in [0.15, 0.2) is 91.0 Å². The van der Waals surface area contributed by atoms with Gasteiger partial charge in [-0.15, -0.1) is 0 Å². The number of hydrogen-bond donors (Lipinski definition) is 0. The maximum atomic E-state index is 12.9. The minimum absolute atomic E-state index is 0.631. The zero-order valence-electron chi connectivity index (χ0n) is 14.8. The van der Waals surface area contributed by atoms with Gasteiger partial charge in [0.05, 0.1) is 5.56 Å². The fourth-order valence-corrected chi connectivity index (χ4v) is 3.81. The zero-order chi connectivity index (χ0) is 19.3. The molecule has 0 saturated heterocycles. The lowest BCUT2D eigenvalue weighted by molar-refractivity contribution is -0.137. The lowest BCUT2D eigenvalue weighted by Gasteiger charge is -2.11. The molecule has 28 heavy (non-hydrogen) atoms. The molecule has 0 saturated carbocycles. The van der Waals surface area contributed by atoms with Gasteiger partial charge >= 0.3 is 6.18 Å². The van der Waals surface area contributed by atoms with E-state index in [9.17, 15) is 13.2 Å². The molecular weight excluding hydrogens is 357 g/mol. The van der Waals surface area contributed by atoms with Crippen molar-refractivity contribution >= 4 is 32.3 Å². The van der Waals surface area contributed by atoms with Gasteiger partial charge in [0.2, 0.25) is 0 Å². The summed E-state index contributed by atoms with van der Waals surface area (Å²) in [6.45, 7) is 0. The van der Waals surface area contributed by atoms with Crippen molar-refractivity contribution in [2.24, 2.45) is 0 Å². The van der Waals surface area contributed by atoms with E-state index in [0.717, 1.165) is 44.8 Å². The summed E-state index contributed by atoms with van der Waals surface area (Å²) < 4.78 is 38.6. The number of fused-ring (bicyclic) bond motifs is 3. The van der Waals surface area contributed by atoms with Gasteiger partial charge in [0, 0.05) is 0 Å². The molecule has 0 bridgehead atoms. The van der Waals surface area contributed by atoms with Gasteiger partial charge in [0.15, 0.2) is 0 Å². The minimum atomic E-state index is -4.32. The number of alkyl halides is 3. The molecule has 0 atom stereocenters. The SMILES string of the molecule is FC(F)(F)c1ccc(-c2cccc3cc4cc5ccccc5cc4cc23)cc1. The fourth-order valence-electron chi connectivity index (χ4n) is 3.81. The second-order valence-electron chi connectivity index (χ2n) is 7.00. The Bertz CT molecular complexity index is 1330. The van der Waals surface area contributed by atoms with Gasteiger partial charge in [-0.2, -0.15) is 13.2 Å². The molecule has 0 amide bonds. The number of halogens is 3. The van der Waals surface area contributed by atoms with Crippen molar-refractivity contribution < 1.29 is 13.2 Å². The topological polar surface area (TPSA) is 0 Å². The second kappa shape index (κ2) is 6.10. The Kier molecular flexibility index (Phi) is 3.66. The second-order valence-corrected chi connectivity index (χ2v) is 7.00. The van der Waals surface area contributed by atoms with Crippen molar-refractivity contribution in [3.05, 3.63) is 96.6 Å². The summed E-state index contributed by atoms with van der Waals surface area (Å²) in [7, 11) is 0. The van der Waals surface area contributed by atoms with Crippen molar-refractivity contribution in [2.75, 3.05) is 0 Å². The summed E-state index contributed by atoms with van der Waals surface area (Å²) in [5.41, 5.74) is 1.08. The normalized spacial score (nSPS) is 12.1. The predicted octanol–water partition coefficient (Wildman–Crippen LogP) is 7.83. The van der Waals surface area contributed by atoms with Crippen molar-refractivity contribution in [2.45, 2.75) is 6.18 Å². The van der Waals surface area contributed by atoms with E-state index in [1.165, 1.54) is 10.8 Å². The number of benzene rings is 5. The molecule has 0 aliphatic heterocycles. The third kappa shape index (κ3) is 2.80. The standard InChI is InChI=1S/C25H15F3/c26-25(27,28)22-10-8-16(9-11-22)23-7-3-6-19-14-20-12-17-4-1-2-5-18(17)13-21(20)15-24(19)23/h1-15H. The van der Waals surface area contributed by atoms with E-state index < -0.39 is 11.7 Å². The first-order valence-corrected chi connectivity index (χ1v) is 9.02. The zero-order valence-corrected chi connectivity index (χ0v) is 14.8. The highest BCUT2D eigenvalue weighted by Crippen LogP contribution is 2.35. The molecule has 0 aromatic heterocycles. The van der Waals surface area contributed by atoms with Gasteiger partial charge in [-0.25, -0.2) is 0 Å². The third-order valence-electron chi connectivity index (χ3n) is 5.23. The van der Waals surface area contributed by atoms with Gasteiger partial charge < -0.3 is 0 Å². The van der Waals surface area contributed by atoms with Crippen LogP contribution in [0.2, 0.25) is 0 Å². The monoisotopic (exact) mass is 372 g/mol. The van der Waals surface area contributed by atoms with Gasteiger partial charge in [-0.05, 0) is 79.8 Å². The Hall–Kier alpha value is -3.33. The summed E-state index contributed by atoms with van der Waals surface area (Å²) in [5.74, 6) is 0. The molecule has 0 aliphatic carbocycles. The summed E-state index contributed by atoms with van der Waals surface area (Å²) in [4.78, 5) is 0. The van der Waals surface area contributed by atoms with E-state index in [2.05, 4.69) is 36.4 Å². The van der Waals surface area contributed by atoms with Crippen LogP contribution in [0.1, 0.15) is 5.56 Å². The first-order valence-electron chi connectivity index (χ1n) is 9.02. The molecule has 0 heterocycles. The largest absolute Gasteiger partial charge is 0.416 e. The van der Waals surface area contributed by atoms with Gasteiger partial charge in [-0.1, -0.05) is 54.6 Å². The maximum Gasteiger partial charge on any atom is 0.416 e. The number of hydrogen-bond acceptors (Lipinski definition) is 0. The van der Waals surface area contributed by atoms with Crippen LogP contribution in [0.5, 0.6) is 0 Å². The molecule has 5 rings (SSSR count). The van der Waals surface area contributed by atoms with E-state index in [1.54, 1.807) is 12.1 Å². The lowest BCUT2D eigenvalue weighted by Crippen LogP contribution is -2.03. The Morgan fingerprint density at radius 1 is 0.500 bits per heavy atom. The molecule has 3 heteroatoms. The lowest BCUT2D eigenvalue weighted by atomic mass is 9.94. The van der Waals surface area contributed by atoms with Crippen LogP contribution in [-0.4, -0.2) is 0 Å². The molecule has 0 aliphatic rings. The first-order chi connectivity index (χ1) is 13.5. The van der Waals surface area contributed by atoms with Crippen LogP contribution in [0.25, 0.3) is 43.4 Å². The van der Waals surface area contributed by atoms with Crippen LogP contribution in [-0.2, 0) is 6.18 Å². The molecule has 0 spiro atoms. The van der Waals surface area contributed by atoms with Crippen LogP contribution in [0, 0.1) is 0 Å². The Balaban J connectivity index is 1.73. The molecule has 0 N–H and O–H groups in total. The van der Waals surface area contributed by atoms with Gasteiger partial charge in [-0.3, -0.25) is 0 Å². The minimum Gasteiger partial charge on any atom is -0.166 e. The molecule has 5 aromatic carbocycles. The van der Waals surface area contributed by atoms with E-state index in [4.69, 9.17) is 0 Å². The molecule has 0 unspecified atom stereocenters. The van der Waals surface area contributed by atoms with Crippen molar-refractivity contribution in [1.29, 1.82) is 0 Å². The summed E-state index contributed by atoms with van der Waals surface area (Å²) in [5, 5.41) is 6.72. The van der Waals surface area contributed by atoms with Crippen molar-refractivity contribution in [3.8, 4) is 11.1 Å². The highest BCUT2D eigenvalue weighted by Gasteiger charge is 2.30. The molecule has 0 nitrogen and oxygen atoms in total. The van der Waals surface area contributed by atoms with Gasteiger partial charge in [0.1, 0.15) is 0 Å². The molecular formula is C25H15F3. The average molecular weight is 372 g/mol. The molecule has 136 valence electrons. The van der Waals surface area contributed by atoms with E-state index in [0.29, 0.717) is 0 Å². The molecule has 0 fully saturated rings.